The first-order valence-electron chi connectivity index (χ1n) is 10.5. The van der Waals surface area contributed by atoms with Crippen LogP contribution < -0.4 is 0 Å². The molecular weight excluding hydrogens is 494 g/mol. The van der Waals surface area contributed by atoms with Gasteiger partial charge in [-0.1, -0.05) is 24.3 Å². The van der Waals surface area contributed by atoms with Gasteiger partial charge >= 0.3 is 12.4 Å². The summed E-state index contributed by atoms with van der Waals surface area (Å²) in [5.41, 5.74) is -1.57. The Balaban J connectivity index is 0.000000191. The first kappa shape index (κ1) is 28.5. The summed E-state index contributed by atoms with van der Waals surface area (Å²) in [7, 11) is 1.49. The molecule has 0 unspecified atom stereocenters. The van der Waals surface area contributed by atoms with E-state index in [-0.39, 0.29) is 37.5 Å². The SMILES string of the molecule is CC(C)(C(F)(F)F)C(F)(F)F.CCN1C(=O)c2ccccc2C1=O.CN1C(=O)c2ccccc2C1=O. The maximum atomic E-state index is 11.6. The van der Waals surface area contributed by atoms with Crippen LogP contribution in [-0.2, 0) is 0 Å². The number of imide groups is 2. The number of carbonyl (C=O) groups is 4. The van der Waals surface area contributed by atoms with E-state index in [9.17, 15) is 45.5 Å². The molecule has 0 atom stereocenters. The predicted molar refractivity (Wildman–Crippen MR) is 116 cm³/mol. The summed E-state index contributed by atoms with van der Waals surface area (Å²) >= 11 is 0. The van der Waals surface area contributed by atoms with Crippen molar-refractivity contribution >= 4 is 23.6 Å². The van der Waals surface area contributed by atoms with E-state index in [2.05, 4.69) is 0 Å². The number of hydrogen-bond acceptors (Lipinski definition) is 4. The molecule has 2 aromatic carbocycles. The molecule has 2 aliphatic rings. The fourth-order valence-corrected chi connectivity index (χ4v) is 3.00. The topological polar surface area (TPSA) is 74.8 Å². The number of hydrogen-bond donors (Lipinski definition) is 0. The number of benzene rings is 2. The van der Waals surface area contributed by atoms with Crippen molar-refractivity contribution < 1.29 is 45.5 Å². The van der Waals surface area contributed by atoms with Crippen LogP contribution in [0.5, 0.6) is 0 Å². The van der Waals surface area contributed by atoms with Crippen molar-refractivity contribution in [3.63, 3.8) is 0 Å². The maximum absolute atomic E-state index is 11.6. The number of halogens is 6. The van der Waals surface area contributed by atoms with Crippen molar-refractivity contribution in [1.29, 1.82) is 0 Å². The van der Waals surface area contributed by atoms with Gasteiger partial charge in [0.25, 0.3) is 23.6 Å². The molecule has 0 N–H and O–H groups in total. The molecule has 2 heterocycles. The Kier molecular flexibility index (Phi) is 8.02. The Labute approximate surface area is 202 Å². The standard InChI is InChI=1S/C10H9NO2.C9H7NO2.C5H6F6/c1-2-11-9(12)7-5-3-4-6-8(7)10(11)13;1-10-8(11)6-4-2-3-5-7(6)9(10)12;1-3(2,4(6,7)8)5(9,10)11/h3-6H,2H2,1H3;2-5H,1H3;1-2H3. The first-order chi connectivity index (χ1) is 16.5. The number of alkyl halides is 6. The zero-order valence-corrected chi connectivity index (χ0v) is 19.6. The molecule has 0 saturated heterocycles. The molecule has 0 saturated carbocycles. The Morgan fingerprint density at radius 2 is 0.889 bits per heavy atom. The lowest BCUT2D eigenvalue weighted by molar-refractivity contribution is -0.327. The highest BCUT2D eigenvalue weighted by molar-refractivity contribution is 6.21. The molecule has 12 heteroatoms. The molecule has 0 spiro atoms. The lowest BCUT2D eigenvalue weighted by atomic mass is 9.92. The van der Waals surface area contributed by atoms with E-state index in [1.165, 1.54) is 11.9 Å². The molecule has 0 fully saturated rings. The quantitative estimate of drug-likeness (QED) is 0.378. The van der Waals surface area contributed by atoms with Crippen LogP contribution in [0.2, 0.25) is 0 Å². The van der Waals surface area contributed by atoms with Gasteiger partial charge in [0.15, 0.2) is 5.41 Å². The minimum Gasteiger partial charge on any atom is -0.277 e. The largest absolute Gasteiger partial charge is 0.402 e. The van der Waals surface area contributed by atoms with Gasteiger partial charge in [0.05, 0.1) is 22.3 Å². The van der Waals surface area contributed by atoms with Crippen molar-refractivity contribution in [3.8, 4) is 0 Å². The third-order valence-electron chi connectivity index (χ3n) is 5.61. The number of rotatable bonds is 1. The Hall–Kier alpha value is -3.70. The second-order valence-electron chi connectivity index (χ2n) is 8.24. The summed E-state index contributed by atoms with van der Waals surface area (Å²) < 4.78 is 69.7. The first-order valence-corrected chi connectivity index (χ1v) is 10.5. The molecule has 0 radical (unpaired) electrons. The van der Waals surface area contributed by atoms with Crippen LogP contribution in [0, 0.1) is 5.41 Å². The highest BCUT2D eigenvalue weighted by atomic mass is 19.4. The van der Waals surface area contributed by atoms with Gasteiger partial charge in [-0.05, 0) is 45.0 Å². The second kappa shape index (κ2) is 10.1. The van der Waals surface area contributed by atoms with Crippen molar-refractivity contribution in [2.24, 2.45) is 5.41 Å². The number of carbonyl (C=O) groups excluding carboxylic acids is 4. The lowest BCUT2D eigenvalue weighted by Gasteiger charge is -2.29. The third kappa shape index (κ3) is 5.26. The van der Waals surface area contributed by atoms with Gasteiger partial charge in [-0.25, -0.2) is 0 Å². The summed E-state index contributed by atoms with van der Waals surface area (Å²) in [4.78, 5) is 48.1. The van der Waals surface area contributed by atoms with Crippen LogP contribution in [0.1, 0.15) is 62.2 Å². The van der Waals surface area contributed by atoms with Crippen LogP contribution in [-0.4, -0.2) is 59.4 Å². The number of fused-ring (bicyclic) bond motifs is 2. The molecule has 36 heavy (non-hydrogen) atoms. The molecule has 2 aromatic rings. The molecule has 194 valence electrons. The average Bonchev–Trinajstić information content (AvgIpc) is 3.18. The van der Waals surface area contributed by atoms with Crippen LogP contribution in [0.25, 0.3) is 0 Å². The second-order valence-corrected chi connectivity index (χ2v) is 8.24. The zero-order valence-electron chi connectivity index (χ0n) is 19.6. The van der Waals surface area contributed by atoms with Gasteiger partial charge in [-0.2, -0.15) is 26.3 Å². The van der Waals surface area contributed by atoms with E-state index in [0.29, 0.717) is 28.8 Å². The zero-order chi connectivity index (χ0) is 27.6. The van der Waals surface area contributed by atoms with Gasteiger partial charge in [0.1, 0.15) is 0 Å². The Morgan fingerprint density at radius 1 is 0.611 bits per heavy atom. The van der Waals surface area contributed by atoms with E-state index in [0.717, 1.165) is 4.90 Å². The van der Waals surface area contributed by atoms with Gasteiger partial charge in [-0.15, -0.1) is 0 Å². The van der Waals surface area contributed by atoms with E-state index in [1.807, 2.05) is 0 Å². The van der Waals surface area contributed by atoms with E-state index < -0.39 is 17.8 Å². The van der Waals surface area contributed by atoms with Crippen LogP contribution in [0.4, 0.5) is 26.3 Å². The molecule has 6 nitrogen and oxygen atoms in total. The summed E-state index contributed by atoms with van der Waals surface area (Å²) in [5.74, 6) is -0.780. The summed E-state index contributed by atoms with van der Waals surface area (Å²) in [6.07, 6.45) is -10.5. The molecule has 4 amide bonds. The van der Waals surface area contributed by atoms with Crippen LogP contribution in [0.15, 0.2) is 48.5 Å². The highest BCUT2D eigenvalue weighted by Gasteiger charge is 2.64. The molecular formula is C24H22F6N2O4. The molecule has 0 bridgehead atoms. The molecule has 4 rings (SSSR count). The number of nitrogens with zero attached hydrogens (tertiary/aromatic N) is 2. The third-order valence-corrected chi connectivity index (χ3v) is 5.61. The van der Waals surface area contributed by atoms with E-state index in [1.54, 1.807) is 55.5 Å². The minimum absolute atomic E-state index is 0.104. The monoisotopic (exact) mass is 516 g/mol. The van der Waals surface area contributed by atoms with E-state index >= 15 is 0 Å². The maximum Gasteiger partial charge on any atom is 0.402 e. The average molecular weight is 516 g/mol. The summed E-state index contributed by atoms with van der Waals surface area (Å²) in [6, 6.07) is 13.7. The smallest absolute Gasteiger partial charge is 0.277 e. The number of amides is 4. The highest BCUT2D eigenvalue weighted by Crippen LogP contribution is 2.49. The van der Waals surface area contributed by atoms with Gasteiger partial charge in [0.2, 0.25) is 0 Å². The molecule has 0 aliphatic carbocycles. The van der Waals surface area contributed by atoms with Crippen molar-refractivity contribution in [2.45, 2.75) is 33.1 Å². The molecule has 0 aromatic heterocycles. The van der Waals surface area contributed by atoms with Crippen LogP contribution >= 0.6 is 0 Å². The fourth-order valence-electron chi connectivity index (χ4n) is 3.00. The van der Waals surface area contributed by atoms with Gasteiger partial charge in [-0.3, -0.25) is 29.0 Å². The Morgan fingerprint density at radius 3 is 1.11 bits per heavy atom. The fraction of sp³-hybridized carbons (Fsp3) is 0.333. The Bertz CT molecular complexity index is 1100. The summed E-state index contributed by atoms with van der Waals surface area (Å²) in [6.45, 7) is 2.44. The van der Waals surface area contributed by atoms with Crippen molar-refractivity contribution in [3.05, 3.63) is 70.8 Å². The minimum atomic E-state index is -5.24. The predicted octanol–water partition coefficient (Wildman–Crippen LogP) is 5.35. The van der Waals surface area contributed by atoms with Gasteiger partial charge in [0, 0.05) is 13.6 Å². The summed E-state index contributed by atoms with van der Waals surface area (Å²) in [5, 5.41) is 0. The van der Waals surface area contributed by atoms with Crippen molar-refractivity contribution in [2.75, 3.05) is 13.6 Å². The lowest BCUT2D eigenvalue weighted by Crippen LogP contribution is -2.44. The van der Waals surface area contributed by atoms with E-state index in [4.69, 9.17) is 0 Å². The van der Waals surface area contributed by atoms with Gasteiger partial charge < -0.3 is 0 Å². The molecule has 2 aliphatic heterocycles. The van der Waals surface area contributed by atoms with Crippen LogP contribution in [0.3, 0.4) is 0 Å². The van der Waals surface area contributed by atoms with Crippen molar-refractivity contribution in [1.82, 2.24) is 9.80 Å². The normalized spacial score (nSPS) is 15.2.